The van der Waals surface area contributed by atoms with E-state index in [9.17, 15) is 4.39 Å². The molecule has 2 rings (SSSR count). The second-order valence-electron chi connectivity index (χ2n) is 4.25. The Bertz CT molecular complexity index is 540. The van der Waals surface area contributed by atoms with E-state index in [-0.39, 0.29) is 17.6 Å². The molecule has 0 N–H and O–H groups in total. The molecular weight excluding hydrogens is 299 g/mol. The van der Waals surface area contributed by atoms with Gasteiger partial charge in [-0.15, -0.1) is 0 Å². The van der Waals surface area contributed by atoms with Crippen molar-refractivity contribution < 1.29 is 9.13 Å². The minimum absolute atomic E-state index is 0.211. The fourth-order valence-electron chi connectivity index (χ4n) is 1.49. The maximum absolute atomic E-state index is 13.7. The largest absolute Gasteiger partial charge is 0.451 e. The van der Waals surface area contributed by atoms with Crippen molar-refractivity contribution in [1.82, 2.24) is 9.78 Å². The van der Waals surface area contributed by atoms with Gasteiger partial charge in [0.1, 0.15) is 0 Å². The Kier molecular flexibility index (Phi) is 4.01. The smallest absolute Gasteiger partial charge is 0.166 e. The third kappa shape index (κ3) is 2.90. The second kappa shape index (κ2) is 5.52. The van der Waals surface area contributed by atoms with Crippen LogP contribution in [0.25, 0.3) is 0 Å². The van der Waals surface area contributed by atoms with Gasteiger partial charge in [-0.2, -0.15) is 5.10 Å². The Balaban J connectivity index is 2.17. The molecule has 18 heavy (non-hydrogen) atoms. The van der Waals surface area contributed by atoms with Crippen LogP contribution in [0.5, 0.6) is 11.5 Å². The molecule has 0 fully saturated rings. The van der Waals surface area contributed by atoms with Crippen molar-refractivity contribution in [3.05, 3.63) is 42.0 Å². The highest BCUT2D eigenvalue weighted by Crippen LogP contribution is 2.26. The Morgan fingerprint density at radius 3 is 2.78 bits per heavy atom. The first-order valence-electron chi connectivity index (χ1n) is 5.66. The standard InChI is InChI=1S/C13H14BrFN2O/c1-9(2)17-8-11(7-16-17)18-13-4-3-10(6-14)5-12(13)15/h3-5,7-9H,6H2,1-2H3. The Morgan fingerprint density at radius 1 is 1.44 bits per heavy atom. The third-order valence-corrected chi connectivity index (χ3v) is 3.13. The molecule has 0 unspecified atom stereocenters. The number of hydrogen-bond acceptors (Lipinski definition) is 2. The summed E-state index contributed by atoms with van der Waals surface area (Å²) in [5.74, 6) is 0.376. The molecule has 0 aliphatic carbocycles. The van der Waals surface area contributed by atoms with Crippen molar-refractivity contribution in [2.24, 2.45) is 0 Å². The van der Waals surface area contributed by atoms with E-state index in [1.165, 1.54) is 6.07 Å². The van der Waals surface area contributed by atoms with E-state index in [4.69, 9.17) is 4.74 Å². The molecule has 0 bridgehead atoms. The lowest BCUT2D eigenvalue weighted by atomic mass is 10.2. The average Bonchev–Trinajstić information content (AvgIpc) is 2.80. The zero-order chi connectivity index (χ0) is 13.1. The van der Waals surface area contributed by atoms with Crippen molar-refractivity contribution in [2.45, 2.75) is 25.2 Å². The number of alkyl halides is 1. The molecule has 3 nitrogen and oxygen atoms in total. The molecule has 2 aromatic rings. The van der Waals surface area contributed by atoms with Crippen LogP contribution in [0.15, 0.2) is 30.6 Å². The minimum atomic E-state index is -0.371. The van der Waals surface area contributed by atoms with Gasteiger partial charge >= 0.3 is 0 Å². The summed E-state index contributed by atoms with van der Waals surface area (Å²) in [5.41, 5.74) is 0.873. The van der Waals surface area contributed by atoms with Crippen LogP contribution in [-0.2, 0) is 5.33 Å². The lowest BCUT2D eigenvalue weighted by Crippen LogP contribution is -1.99. The van der Waals surface area contributed by atoms with E-state index < -0.39 is 0 Å². The maximum atomic E-state index is 13.7. The fraction of sp³-hybridized carbons (Fsp3) is 0.308. The molecule has 0 aliphatic heterocycles. The van der Waals surface area contributed by atoms with Gasteiger partial charge in [0, 0.05) is 11.4 Å². The fourth-order valence-corrected chi connectivity index (χ4v) is 1.84. The highest BCUT2D eigenvalue weighted by molar-refractivity contribution is 9.08. The second-order valence-corrected chi connectivity index (χ2v) is 4.81. The summed E-state index contributed by atoms with van der Waals surface area (Å²) in [6, 6.07) is 5.15. The summed E-state index contributed by atoms with van der Waals surface area (Å²) in [5, 5.41) is 4.76. The van der Waals surface area contributed by atoms with Crippen LogP contribution >= 0.6 is 15.9 Å². The summed E-state index contributed by atoms with van der Waals surface area (Å²) in [6.07, 6.45) is 3.33. The number of rotatable bonds is 4. The number of hydrogen-bond donors (Lipinski definition) is 0. The van der Waals surface area contributed by atoms with Crippen LogP contribution in [0.3, 0.4) is 0 Å². The van der Waals surface area contributed by atoms with Crippen molar-refractivity contribution in [2.75, 3.05) is 0 Å². The molecule has 0 atom stereocenters. The molecule has 1 heterocycles. The van der Waals surface area contributed by atoms with E-state index in [0.29, 0.717) is 11.1 Å². The lowest BCUT2D eigenvalue weighted by molar-refractivity contribution is 0.439. The van der Waals surface area contributed by atoms with Gasteiger partial charge in [-0.05, 0) is 31.5 Å². The molecule has 0 spiro atoms. The molecule has 5 heteroatoms. The number of aromatic nitrogens is 2. The van der Waals surface area contributed by atoms with Crippen LogP contribution in [0.1, 0.15) is 25.5 Å². The maximum Gasteiger partial charge on any atom is 0.166 e. The van der Waals surface area contributed by atoms with E-state index in [1.807, 2.05) is 19.9 Å². The minimum Gasteiger partial charge on any atom is -0.451 e. The van der Waals surface area contributed by atoms with Gasteiger partial charge < -0.3 is 4.74 Å². The third-order valence-electron chi connectivity index (χ3n) is 2.49. The summed E-state index contributed by atoms with van der Waals surface area (Å²) >= 11 is 3.28. The van der Waals surface area contributed by atoms with Gasteiger partial charge in [-0.1, -0.05) is 22.0 Å². The summed E-state index contributed by atoms with van der Waals surface area (Å²) < 4.78 is 20.9. The Morgan fingerprint density at radius 2 is 2.22 bits per heavy atom. The molecule has 0 radical (unpaired) electrons. The topological polar surface area (TPSA) is 27.1 Å². The number of nitrogens with zero attached hydrogens (tertiary/aromatic N) is 2. The van der Waals surface area contributed by atoms with Gasteiger partial charge in [0.05, 0.1) is 12.4 Å². The molecule has 96 valence electrons. The first-order valence-corrected chi connectivity index (χ1v) is 6.78. The molecule has 1 aromatic carbocycles. The van der Waals surface area contributed by atoms with Crippen LogP contribution in [-0.4, -0.2) is 9.78 Å². The average molecular weight is 313 g/mol. The monoisotopic (exact) mass is 312 g/mol. The zero-order valence-corrected chi connectivity index (χ0v) is 11.8. The van der Waals surface area contributed by atoms with Gasteiger partial charge in [-0.3, -0.25) is 4.68 Å². The normalized spacial score (nSPS) is 10.9. The van der Waals surface area contributed by atoms with Gasteiger partial charge in [0.2, 0.25) is 0 Å². The number of ether oxygens (including phenoxy) is 1. The SMILES string of the molecule is CC(C)n1cc(Oc2ccc(CBr)cc2F)cn1. The van der Waals surface area contributed by atoms with Gasteiger partial charge in [0.15, 0.2) is 17.3 Å². The molecular formula is C13H14BrFN2O. The quantitative estimate of drug-likeness (QED) is 0.787. The highest BCUT2D eigenvalue weighted by Gasteiger charge is 2.08. The van der Waals surface area contributed by atoms with E-state index in [0.717, 1.165) is 5.56 Å². The van der Waals surface area contributed by atoms with Crippen molar-refractivity contribution in [1.29, 1.82) is 0 Å². The first-order chi connectivity index (χ1) is 8.60. The first kappa shape index (κ1) is 13.1. The van der Waals surface area contributed by atoms with Crippen molar-refractivity contribution in [3.8, 4) is 11.5 Å². The Hall–Kier alpha value is -1.36. The van der Waals surface area contributed by atoms with Crippen LogP contribution in [0, 0.1) is 5.82 Å². The summed E-state index contributed by atoms with van der Waals surface area (Å²) in [4.78, 5) is 0. The predicted molar refractivity (Wildman–Crippen MR) is 71.7 cm³/mol. The number of benzene rings is 1. The van der Waals surface area contributed by atoms with E-state index >= 15 is 0 Å². The van der Waals surface area contributed by atoms with Crippen LogP contribution < -0.4 is 4.74 Å². The molecule has 0 aliphatic rings. The summed E-state index contributed by atoms with van der Waals surface area (Å²) in [7, 11) is 0. The molecule has 1 aromatic heterocycles. The van der Waals surface area contributed by atoms with Crippen molar-refractivity contribution in [3.63, 3.8) is 0 Å². The van der Waals surface area contributed by atoms with Crippen LogP contribution in [0.2, 0.25) is 0 Å². The van der Waals surface area contributed by atoms with E-state index in [1.54, 1.807) is 23.1 Å². The Labute approximate surface area is 114 Å². The molecule has 0 amide bonds. The predicted octanol–water partition coefficient (Wildman–Crippen LogP) is 4.29. The van der Waals surface area contributed by atoms with Crippen molar-refractivity contribution >= 4 is 15.9 Å². The number of halogens is 2. The highest BCUT2D eigenvalue weighted by atomic mass is 79.9. The van der Waals surface area contributed by atoms with Gasteiger partial charge in [-0.25, -0.2) is 4.39 Å². The zero-order valence-electron chi connectivity index (χ0n) is 10.2. The van der Waals surface area contributed by atoms with Crippen LogP contribution in [0.4, 0.5) is 4.39 Å². The molecule has 0 saturated carbocycles. The molecule has 0 saturated heterocycles. The lowest BCUT2D eigenvalue weighted by Gasteiger charge is -2.06. The summed E-state index contributed by atoms with van der Waals surface area (Å²) in [6.45, 7) is 4.03. The van der Waals surface area contributed by atoms with Gasteiger partial charge in [0.25, 0.3) is 0 Å². The van der Waals surface area contributed by atoms with E-state index in [2.05, 4.69) is 21.0 Å².